The van der Waals surface area contributed by atoms with Gasteiger partial charge in [0.15, 0.2) is 0 Å². The number of pyridine rings is 1. The van der Waals surface area contributed by atoms with E-state index in [1.54, 1.807) is 6.20 Å². The van der Waals surface area contributed by atoms with Crippen molar-refractivity contribution in [2.45, 2.75) is 5.75 Å². The predicted octanol–water partition coefficient (Wildman–Crippen LogP) is 2.88. The SMILES string of the molecule is O=S(=O)(Cc1ccc(F)cc1)NCC#CCOc1cccc2cccnc12. The van der Waals surface area contributed by atoms with Crippen LogP contribution in [-0.4, -0.2) is 26.6 Å². The first kappa shape index (κ1) is 18.8. The molecule has 0 radical (unpaired) electrons. The van der Waals surface area contributed by atoms with Gasteiger partial charge in [0.1, 0.15) is 23.7 Å². The maximum Gasteiger partial charge on any atom is 0.216 e. The van der Waals surface area contributed by atoms with Crippen LogP contribution in [0, 0.1) is 17.7 Å². The van der Waals surface area contributed by atoms with Gasteiger partial charge in [0.05, 0.1) is 12.3 Å². The fourth-order valence-corrected chi connectivity index (χ4v) is 3.44. The summed E-state index contributed by atoms with van der Waals surface area (Å²) in [6, 6.07) is 14.7. The van der Waals surface area contributed by atoms with Gasteiger partial charge < -0.3 is 4.74 Å². The lowest BCUT2D eigenvalue weighted by molar-refractivity contribution is 0.374. The minimum atomic E-state index is -3.54. The Bertz CT molecular complexity index is 1080. The average molecular weight is 384 g/mol. The molecule has 0 atom stereocenters. The summed E-state index contributed by atoms with van der Waals surface area (Å²) in [5.74, 6) is 5.46. The number of rotatable bonds is 6. The minimum Gasteiger partial charge on any atom is -0.479 e. The van der Waals surface area contributed by atoms with Gasteiger partial charge in [0, 0.05) is 11.6 Å². The molecule has 0 saturated heterocycles. The molecule has 0 saturated carbocycles. The predicted molar refractivity (Wildman–Crippen MR) is 102 cm³/mol. The van der Waals surface area contributed by atoms with Crippen LogP contribution in [0.3, 0.4) is 0 Å². The Balaban J connectivity index is 1.49. The summed E-state index contributed by atoms with van der Waals surface area (Å²) >= 11 is 0. The van der Waals surface area contributed by atoms with E-state index in [1.807, 2.05) is 30.3 Å². The van der Waals surface area contributed by atoms with E-state index < -0.39 is 15.8 Å². The fraction of sp³-hybridized carbons (Fsp3) is 0.150. The van der Waals surface area contributed by atoms with Gasteiger partial charge in [-0.15, -0.1) is 0 Å². The van der Waals surface area contributed by atoms with Crippen molar-refractivity contribution in [3.05, 3.63) is 72.2 Å². The molecule has 0 spiro atoms. The standard InChI is InChI=1S/C20H17FN2O3S/c21-18-10-8-16(9-11-18)15-27(24,25)23-13-1-2-14-26-19-7-3-5-17-6-4-12-22-20(17)19/h3-12,23H,13-15H2. The molecule has 7 heteroatoms. The molecular weight excluding hydrogens is 367 g/mol. The molecule has 27 heavy (non-hydrogen) atoms. The van der Waals surface area contributed by atoms with Crippen molar-refractivity contribution in [3.8, 4) is 17.6 Å². The number of nitrogens with one attached hydrogen (secondary N) is 1. The maximum atomic E-state index is 12.9. The monoisotopic (exact) mass is 384 g/mol. The maximum absolute atomic E-state index is 12.9. The third-order valence-corrected chi connectivity index (χ3v) is 4.97. The van der Waals surface area contributed by atoms with Gasteiger partial charge in [0.2, 0.25) is 10.0 Å². The van der Waals surface area contributed by atoms with E-state index in [-0.39, 0.29) is 18.9 Å². The van der Waals surface area contributed by atoms with Crippen molar-refractivity contribution in [3.63, 3.8) is 0 Å². The molecule has 3 rings (SSSR count). The molecule has 0 bridgehead atoms. The van der Waals surface area contributed by atoms with Crippen LogP contribution in [-0.2, 0) is 15.8 Å². The lowest BCUT2D eigenvalue weighted by Gasteiger charge is -2.05. The van der Waals surface area contributed by atoms with Crippen LogP contribution in [0.25, 0.3) is 10.9 Å². The van der Waals surface area contributed by atoms with Gasteiger partial charge >= 0.3 is 0 Å². The molecule has 0 aliphatic rings. The molecule has 1 heterocycles. The Labute approximate surface area is 157 Å². The molecule has 1 N–H and O–H groups in total. The highest BCUT2D eigenvalue weighted by atomic mass is 32.2. The zero-order chi connectivity index (χ0) is 19.1. The number of halogens is 1. The van der Waals surface area contributed by atoms with Crippen molar-refractivity contribution in [2.24, 2.45) is 0 Å². The van der Waals surface area contributed by atoms with Gasteiger partial charge in [-0.2, -0.15) is 0 Å². The number of fused-ring (bicyclic) bond motifs is 1. The Morgan fingerprint density at radius 3 is 2.63 bits per heavy atom. The summed E-state index contributed by atoms with van der Waals surface area (Å²) in [5, 5.41) is 0.969. The smallest absolute Gasteiger partial charge is 0.216 e. The largest absolute Gasteiger partial charge is 0.479 e. The van der Waals surface area contributed by atoms with E-state index >= 15 is 0 Å². The second-order valence-electron chi connectivity index (χ2n) is 5.68. The van der Waals surface area contributed by atoms with E-state index in [2.05, 4.69) is 21.5 Å². The molecule has 2 aromatic carbocycles. The zero-order valence-corrected chi connectivity index (χ0v) is 15.2. The highest BCUT2D eigenvalue weighted by molar-refractivity contribution is 7.88. The summed E-state index contributed by atoms with van der Waals surface area (Å²) in [5.41, 5.74) is 1.26. The topological polar surface area (TPSA) is 68.3 Å². The molecule has 0 aliphatic heterocycles. The van der Waals surface area contributed by atoms with E-state index in [0.717, 1.165) is 10.9 Å². The van der Waals surface area contributed by atoms with Crippen LogP contribution in [0.4, 0.5) is 4.39 Å². The molecule has 1 aromatic heterocycles. The summed E-state index contributed by atoms with van der Waals surface area (Å²) in [7, 11) is -3.54. The van der Waals surface area contributed by atoms with Crippen LogP contribution >= 0.6 is 0 Å². The normalized spacial score (nSPS) is 11.0. The summed E-state index contributed by atoms with van der Waals surface area (Å²) in [4.78, 5) is 4.29. The highest BCUT2D eigenvalue weighted by Gasteiger charge is 2.10. The molecular formula is C20H17FN2O3S. The van der Waals surface area contributed by atoms with Crippen molar-refractivity contribution in [1.29, 1.82) is 0 Å². The van der Waals surface area contributed by atoms with E-state index in [1.165, 1.54) is 24.3 Å². The van der Waals surface area contributed by atoms with Crippen molar-refractivity contribution in [2.75, 3.05) is 13.2 Å². The van der Waals surface area contributed by atoms with Gasteiger partial charge in [-0.25, -0.2) is 17.5 Å². The quantitative estimate of drug-likeness (QED) is 0.664. The number of sulfonamides is 1. The first-order chi connectivity index (χ1) is 13.0. The molecule has 0 unspecified atom stereocenters. The van der Waals surface area contributed by atoms with Gasteiger partial charge in [-0.3, -0.25) is 4.98 Å². The van der Waals surface area contributed by atoms with Gasteiger partial charge in [0.25, 0.3) is 0 Å². The molecule has 0 aliphatic carbocycles. The highest BCUT2D eigenvalue weighted by Crippen LogP contribution is 2.22. The second-order valence-corrected chi connectivity index (χ2v) is 7.49. The molecule has 138 valence electrons. The number of aromatic nitrogens is 1. The molecule has 0 fully saturated rings. The third kappa shape index (κ3) is 5.51. The first-order valence-corrected chi connectivity index (χ1v) is 9.83. The summed E-state index contributed by atoms with van der Waals surface area (Å²) in [6.45, 7) is 0.0933. The lowest BCUT2D eigenvalue weighted by Crippen LogP contribution is -2.25. The van der Waals surface area contributed by atoms with Gasteiger partial charge in [-0.1, -0.05) is 42.2 Å². The van der Waals surface area contributed by atoms with Crippen molar-refractivity contribution >= 4 is 20.9 Å². The molecule has 3 aromatic rings. The zero-order valence-electron chi connectivity index (χ0n) is 14.4. The van der Waals surface area contributed by atoms with Crippen molar-refractivity contribution in [1.82, 2.24) is 9.71 Å². The number of para-hydroxylation sites is 1. The van der Waals surface area contributed by atoms with Crippen LogP contribution in [0.15, 0.2) is 60.8 Å². The fourth-order valence-electron chi connectivity index (χ4n) is 2.42. The number of nitrogens with zero attached hydrogens (tertiary/aromatic N) is 1. The van der Waals surface area contributed by atoms with Crippen LogP contribution in [0.5, 0.6) is 5.75 Å². The lowest BCUT2D eigenvalue weighted by atomic mass is 10.2. The van der Waals surface area contributed by atoms with E-state index in [0.29, 0.717) is 11.3 Å². The third-order valence-electron chi connectivity index (χ3n) is 3.67. The molecule has 5 nitrogen and oxygen atoms in total. The Morgan fingerprint density at radius 1 is 1.04 bits per heavy atom. The number of benzene rings is 2. The molecule has 0 amide bonds. The Hall–Kier alpha value is -2.95. The van der Waals surface area contributed by atoms with Crippen LogP contribution in [0.2, 0.25) is 0 Å². The minimum absolute atomic E-state index is 0.0271. The average Bonchev–Trinajstić information content (AvgIpc) is 2.66. The second kappa shape index (κ2) is 8.62. The van der Waals surface area contributed by atoms with Crippen LogP contribution < -0.4 is 9.46 Å². The number of hydrogen-bond donors (Lipinski definition) is 1. The number of hydrogen-bond acceptors (Lipinski definition) is 4. The first-order valence-electron chi connectivity index (χ1n) is 8.17. The summed E-state index contributed by atoms with van der Waals surface area (Å²) < 4.78 is 44.8. The van der Waals surface area contributed by atoms with Crippen molar-refractivity contribution < 1.29 is 17.5 Å². The Kier molecular flexibility index (Phi) is 6.01. The van der Waals surface area contributed by atoms with E-state index in [4.69, 9.17) is 4.74 Å². The summed E-state index contributed by atoms with van der Waals surface area (Å²) in [6.07, 6.45) is 1.69. The Morgan fingerprint density at radius 2 is 1.81 bits per heavy atom. The van der Waals surface area contributed by atoms with E-state index in [9.17, 15) is 12.8 Å². The van der Waals surface area contributed by atoms with Gasteiger partial charge in [-0.05, 0) is 29.8 Å². The van der Waals surface area contributed by atoms with Crippen LogP contribution in [0.1, 0.15) is 5.56 Å². The number of ether oxygens (including phenoxy) is 1.